The van der Waals surface area contributed by atoms with Crippen LogP contribution < -0.4 is 5.32 Å². The Hall–Kier alpha value is -0.610. The van der Waals surface area contributed by atoms with Gasteiger partial charge in [0.25, 0.3) is 0 Å². The Morgan fingerprint density at radius 2 is 2.00 bits per heavy atom. The first kappa shape index (κ1) is 14.5. The van der Waals surface area contributed by atoms with Gasteiger partial charge in [0.1, 0.15) is 6.04 Å². The van der Waals surface area contributed by atoms with E-state index in [1.54, 1.807) is 0 Å². The maximum atomic E-state index is 11.7. The molecule has 3 atom stereocenters. The van der Waals surface area contributed by atoms with Crippen molar-refractivity contribution in [1.29, 1.82) is 0 Å². The number of nitrogens with one attached hydrogen (secondary N) is 1. The first-order valence-corrected chi connectivity index (χ1v) is 6.69. The molecule has 0 spiro atoms. The van der Waals surface area contributed by atoms with Gasteiger partial charge >= 0.3 is 5.97 Å². The SMILES string of the molecule is CCOC(=O)C(CN1C(C)CCCC1C)NC. The number of rotatable bonds is 5. The average Bonchev–Trinajstić information content (AvgIpc) is 2.29. The molecular formula is C13H26N2O2. The molecule has 1 aliphatic rings. The van der Waals surface area contributed by atoms with Gasteiger partial charge in [-0.05, 0) is 40.7 Å². The number of hydrogen-bond acceptors (Lipinski definition) is 4. The Morgan fingerprint density at radius 3 is 2.47 bits per heavy atom. The standard InChI is InChI=1S/C13H26N2O2/c1-5-17-13(16)12(14-4)9-15-10(2)7-6-8-11(15)3/h10-12,14H,5-9H2,1-4H3. The summed E-state index contributed by atoms with van der Waals surface area (Å²) in [5, 5.41) is 3.06. The summed E-state index contributed by atoms with van der Waals surface area (Å²) in [7, 11) is 1.82. The fourth-order valence-electron chi connectivity index (χ4n) is 2.57. The van der Waals surface area contributed by atoms with E-state index in [1.807, 2.05) is 14.0 Å². The van der Waals surface area contributed by atoms with Crippen molar-refractivity contribution in [1.82, 2.24) is 10.2 Å². The lowest BCUT2D eigenvalue weighted by Crippen LogP contribution is -2.52. The summed E-state index contributed by atoms with van der Waals surface area (Å²) in [6.45, 7) is 7.53. The fraction of sp³-hybridized carbons (Fsp3) is 0.923. The zero-order valence-electron chi connectivity index (χ0n) is 11.5. The van der Waals surface area contributed by atoms with Gasteiger partial charge in [-0.25, -0.2) is 0 Å². The Balaban J connectivity index is 2.56. The molecule has 0 saturated carbocycles. The third-order valence-corrected chi connectivity index (χ3v) is 3.69. The van der Waals surface area contributed by atoms with Gasteiger partial charge in [-0.1, -0.05) is 6.42 Å². The second kappa shape index (κ2) is 6.97. The van der Waals surface area contributed by atoms with Crippen LogP contribution in [0.1, 0.15) is 40.0 Å². The number of nitrogens with zero attached hydrogens (tertiary/aromatic N) is 1. The van der Waals surface area contributed by atoms with Crippen molar-refractivity contribution < 1.29 is 9.53 Å². The minimum atomic E-state index is -0.210. The van der Waals surface area contributed by atoms with Gasteiger partial charge in [-0.15, -0.1) is 0 Å². The molecule has 0 aromatic heterocycles. The molecule has 4 heteroatoms. The van der Waals surface area contributed by atoms with Crippen molar-refractivity contribution in [2.45, 2.75) is 58.2 Å². The highest BCUT2D eigenvalue weighted by atomic mass is 16.5. The van der Waals surface area contributed by atoms with Crippen LogP contribution in [0.4, 0.5) is 0 Å². The van der Waals surface area contributed by atoms with Gasteiger partial charge < -0.3 is 10.1 Å². The monoisotopic (exact) mass is 242 g/mol. The molecule has 1 saturated heterocycles. The van der Waals surface area contributed by atoms with E-state index >= 15 is 0 Å². The van der Waals surface area contributed by atoms with E-state index < -0.39 is 0 Å². The molecule has 1 fully saturated rings. The number of carbonyl (C=O) groups is 1. The summed E-state index contributed by atoms with van der Waals surface area (Å²) in [5.74, 6) is -0.139. The predicted octanol–water partition coefficient (Wildman–Crippen LogP) is 1.40. The van der Waals surface area contributed by atoms with Gasteiger partial charge in [0, 0.05) is 18.6 Å². The van der Waals surface area contributed by atoms with Crippen LogP contribution in [-0.2, 0) is 9.53 Å². The van der Waals surface area contributed by atoms with Crippen LogP contribution in [0, 0.1) is 0 Å². The molecule has 0 amide bonds. The third-order valence-electron chi connectivity index (χ3n) is 3.69. The minimum absolute atomic E-state index is 0.139. The lowest BCUT2D eigenvalue weighted by Gasteiger charge is -2.40. The van der Waals surface area contributed by atoms with E-state index in [4.69, 9.17) is 4.74 Å². The number of hydrogen-bond donors (Lipinski definition) is 1. The minimum Gasteiger partial charge on any atom is -0.465 e. The number of piperidine rings is 1. The van der Waals surface area contributed by atoms with Crippen molar-refractivity contribution >= 4 is 5.97 Å². The summed E-state index contributed by atoms with van der Waals surface area (Å²) < 4.78 is 5.08. The topological polar surface area (TPSA) is 41.6 Å². The number of ether oxygens (including phenoxy) is 1. The van der Waals surface area contributed by atoms with Gasteiger partial charge in [-0.3, -0.25) is 9.69 Å². The summed E-state index contributed by atoms with van der Waals surface area (Å²) in [6.07, 6.45) is 3.75. The van der Waals surface area contributed by atoms with E-state index in [-0.39, 0.29) is 12.0 Å². The molecule has 1 rings (SSSR count). The number of carbonyl (C=O) groups excluding carboxylic acids is 1. The molecule has 0 radical (unpaired) electrons. The lowest BCUT2D eigenvalue weighted by atomic mass is 9.97. The van der Waals surface area contributed by atoms with Gasteiger partial charge in [0.05, 0.1) is 6.61 Å². The molecule has 3 unspecified atom stereocenters. The van der Waals surface area contributed by atoms with E-state index in [0.717, 1.165) is 6.54 Å². The van der Waals surface area contributed by atoms with Crippen LogP contribution >= 0.6 is 0 Å². The molecule has 0 aromatic carbocycles. The summed E-state index contributed by atoms with van der Waals surface area (Å²) >= 11 is 0. The highest BCUT2D eigenvalue weighted by Gasteiger charge is 2.29. The number of likely N-dealkylation sites (tertiary alicyclic amines) is 1. The lowest BCUT2D eigenvalue weighted by molar-refractivity contribution is -0.146. The summed E-state index contributed by atoms with van der Waals surface area (Å²) in [5.41, 5.74) is 0. The maximum Gasteiger partial charge on any atom is 0.324 e. The van der Waals surface area contributed by atoms with Crippen LogP contribution in [0.25, 0.3) is 0 Å². The van der Waals surface area contributed by atoms with Gasteiger partial charge in [0.2, 0.25) is 0 Å². The van der Waals surface area contributed by atoms with Crippen molar-refractivity contribution in [3.05, 3.63) is 0 Å². The Morgan fingerprint density at radius 1 is 1.41 bits per heavy atom. The first-order chi connectivity index (χ1) is 8.10. The molecule has 1 aliphatic heterocycles. The van der Waals surface area contributed by atoms with E-state index in [0.29, 0.717) is 18.7 Å². The Kier molecular flexibility index (Phi) is 5.92. The highest BCUT2D eigenvalue weighted by Crippen LogP contribution is 2.22. The second-order valence-corrected chi connectivity index (χ2v) is 4.92. The quantitative estimate of drug-likeness (QED) is 0.740. The molecule has 0 aromatic rings. The summed E-state index contributed by atoms with van der Waals surface area (Å²) in [6, 6.07) is 0.908. The fourth-order valence-corrected chi connectivity index (χ4v) is 2.57. The van der Waals surface area contributed by atoms with Crippen molar-refractivity contribution in [2.24, 2.45) is 0 Å². The molecule has 1 heterocycles. The number of esters is 1. The molecule has 0 aliphatic carbocycles. The Bertz CT molecular complexity index is 236. The van der Waals surface area contributed by atoms with Crippen LogP contribution in [0.3, 0.4) is 0 Å². The molecular weight excluding hydrogens is 216 g/mol. The zero-order chi connectivity index (χ0) is 12.8. The molecule has 1 N–H and O–H groups in total. The van der Waals surface area contributed by atoms with Crippen LogP contribution in [0.15, 0.2) is 0 Å². The summed E-state index contributed by atoms with van der Waals surface area (Å²) in [4.78, 5) is 14.2. The van der Waals surface area contributed by atoms with Gasteiger partial charge in [0.15, 0.2) is 0 Å². The van der Waals surface area contributed by atoms with Gasteiger partial charge in [-0.2, -0.15) is 0 Å². The zero-order valence-corrected chi connectivity index (χ0v) is 11.5. The second-order valence-electron chi connectivity index (χ2n) is 4.92. The van der Waals surface area contributed by atoms with Crippen LogP contribution in [0.5, 0.6) is 0 Å². The highest BCUT2D eigenvalue weighted by molar-refractivity contribution is 5.76. The smallest absolute Gasteiger partial charge is 0.324 e. The average molecular weight is 242 g/mol. The van der Waals surface area contributed by atoms with E-state index in [2.05, 4.69) is 24.1 Å². The van der Waals surface area contributed by atoms with Crippen molar-refractivity contribution in [3.63, 3.8) is 0 Å². The third kappa shape index (κ3) is 3.96. The normalized spacial score (nSPS) is 27.8. The molecule has 4 nitrogen and oxygen atoms in total. The maximum absolute atomic E-state index is 11.7. The Labute approximate surface area is 105 Å². The molecule has 100 valence electrons. The van der Waals surface area contributed by atoms with Crippen LogP contribution in [-0.4, -0.2) is 49.2 Å². The first-order valence-electron chi connectivity index (χ1n) is 6.69. The van der Waals surface area contributed by atoms with E-state index in [9.17, 15) is 4.79 Å². The molecule has 17 heavy (non-hydrogen) atoms. The van der Waals surface area contributed by atoms with E-state index in [1.165, 1.54) is 19.3 Å². The largest absolute Gasteiger partial charge is 0.465 e. The van der Waals surface area contributed by atoms with Crippen molar-refractivity contribution in [2.75, 3.05) is 20.2 Å². The van der Waals surface area contributed by atoms with Crippen molar-refractivity contribution in [3.8, 4) is 0 Å². The molecule has 0 bridgehead atoms. The number of likely N-dealkylation sites (N-methyl/N-ethyl adjacent to an activating group) is 1. The van der Waals surface area contributed by atoms with Crippen LogP contribution in [0.2, 0.25) is 0 Å². The predicted molar refractivity (Wildman–Crippen MR) is 69.0 cm³/mol.